The molecule has 2 aromatic rings. The number of carbonyl (C=O) groups is 2. The zero-order chi connectivity index (χ0) is 23.0. The van der Waals surface area contributed by atoms with E-state index >= 15 is 0 Å². The zero-order valence-electron chi connectivity index (χ0n) is 18.8. The summed E-state index contributed by atoms with van der Waals surface area (Å²) in [7, 11) is 0. The predicted octanol–water partition coefficient (Wildman–Crippen LogP) is 2.17. The van der Waals surface area contributed by atoms with Crippen molar-refractivity contribution in [3.8, 4) is 0 Å². The van der Waals surface area contributed by atoms with Crippen molar-refractivity contribution in [1.29, 1.82) is 0 Å². The van der Waals surface area contributed by atoms with Crippen LogP contribution in [-0.2, 0) is 17.8 Å². The number of nitrogens with one attached hydrogen (secondary N) is 3. The summed E-state index contributed by atoms with van der Waals surface area (Å²) in [6.45, 7) is 9.17. The van der Waals surface area contributed by atoms with Crippen molar-refractivity contribution in [1.82, 2.24) is 25.5 Å². The second-order valence-electron chi connectivity index (χ2n) is 9.35. The summed E-state index contributed by atoms with van der Waals surface area (Å²) in [5.74, 6) is 0.463. The van der Waals surface area contributed by atoms with Gasteiger partial charge in [0.1, 0.15) is 23.4 Å². The Morgan fingerprint density at radius 1 is 1.22 bits per heavy atom. The second kappa shape index (κ2) is 8.46. The summed E-state index contributed by atoms with van der Waals surface area (Å²) in [4.78, 5) is 36.0. The highest BCUT2D eigenvalue weighted by Gasteiger charge is 2.36. The second-order valence-corrected chi connectivity index (χ2v) is 9.35. The lowest BCUT2D eigenvalue weighted by atomic mass is 9.94. The van der Waals surface area contributed by atoms with E-state index in [1.165, 1.54) is 12.1 Å². The van der Waals surface area contributed by atoms with Crippen LogP contribution in [0.25, 0.3) is 0 Å². The average Bonchev–Trinajstić information content (AvgIpc) is 3.06. The molecule has 0 spiro atoms. The van der Waals surface area contributed by atoms with E-state index in [4.69, 9.17) is 4.98 Å². The van der Waals surface area contributed by atoms with E-state index in [1.807, 2.05) is 27.7 Å². The molecule has 9 heteroatoms. The third kappa shape index (κ3) is 4.57. The molecule has 2 aliphatic heterocycles. The topological polar surface area (TPSA) is 99.2 Å². The number of hydrogen-bond acceptors (Lipinski definition) is 6. The Labute approximate surface area is 187 Å². The van der Waals surface area contributed by atoms with Gasteiger partial charge in [-0.25, -0.2) is 14.4 Å². The largest absolute Gasteiger partial charge is 0.364 e. The molecular weight excluding hydrogens is 411 g/mol. The Bertz CT molecular complexity index is 1040. The number of benzene rings is 1. The molecule has 32 heavy (non-hydrogen) atoms. The molecule has 1 aromatic carbocycles. The van der Waals surface area contributed by atoms with Gasteiger partial charge in [-0.2, -0.15) is 0 Å². The number of nitrogens with zero attached hydrogens (tertiary/aromatic N) is 3. The number of halogens is 1. The molecule has 1 aromatic heterocycles. The van der Waals surface area contributed by atoms with Gasteiger partial charge in [-0.05, 0) is 51.8 Å². The molecule has 4 rings (SSSR count). The van der Waals surface area contributed by atoms with Crippen LogP contribution in [0, 0.1) is 5.82 Å². The third-order valence-electron chi connectivity index (χ3n) is 5.74. The van der Waals surface area contributed by atoms with E-state index < -0.39 is 11.6 Å². The maximum absolute atomic E-state index is 13.3. The number of piperazine rings is 1. The molecule has 8 nitrogen and oxygen atoms in total. The molecule has 2 aliphatic rings. The van der Waals surface area contributed by atoms with E-state index in [0.717, 1.165) is 11.1 Å². The molecule has 0 unspecified atom stereocenters. The normalized spacial score (nSPS) is 18.7. The standard InChI is InChI=1S/C23H29FN6O2/c1-13(2)30-12-16-19(22(30)32)27-21(17-10-25-11-18(31)26-17)28-20(16)29-23(3,4)9-14-5-7-15(24)8-6-14/h5-8,13,17,25H,9-12H2,1-4H3,(H,26,31)(H,27,28,29)/t17-/m0/s1. The molecule has 170 valence electrons. The fourth-order valence-corrected chi connectivity index (χ4v) is 4.14. The fraction of sp³-hybridized carbons (Fsp3) is 0.478. The lowest BCUT2D eigenvalue weighted by Gasteiger charge is -2.29. The fourth-order valence-electron chi connectivity index (χ4n) is 4.14. The van der Waals surface area contributed by atoms with E-state index in [-0.39, 0.29) is 30.2 Å². The number of amides is 2. The highest BCUT2D eigenvalue weighted by Crippen LogP contribution is 2.32. The predicted molar refractivity (Wildman–Crippen MR) is 119 cm³/mol. The number of aromatic nitrogens is 2. The van der Waals surface area contributed by atoms with E-state index in [9.17, 15) is 14.0 Å². The summed E-state index contributed by atoms with van der Waals surface area (Å²) < 4.78 is 13.3. The minimum Gasteiger partial charge on any atom is -0.364 e. The van der Waals surface area contributed by atoms with Gasteiger partial charge in [0, 0.05) is 23.7 Å². The SMILES string of the molecule is CC(C)N1Cc2c(NC(C)(C)Cc3ccc(F)cc3)nc([C@@H]3CNCC(=O)N3)nc2C1=O. The molecule has 1 atom stereocenters. The number of hydrogen-bond donors (Lipinski definition) is 3. The van der Waals surface area contributed by atoms with Crippen LogP contribution < -0.4 is 16.0 Å². The Morgan fingerprint density at radius 3 is 2.59 bits per heavy atom. The van der Waals surface area contributed by atoms with Crippen LogP contribution in [-0.4, -0.2) is 51.4 Å². The lowest BCUT2D eigenvalue weighted by Crippen LogP contribution is -2.47. The molecular formula is C23H29FN6O2. The van der Waals surface area contributed by atoms with Gasteiger partial charge in [0.25, 0.3) is 5.91 Å². The number of fused-ring (bicyclic) bond motifs is 1. The van der Waals surface area contributed by atoms with Crippen LogP contribution in [0.2, 0.25) is 0 Å². The van der Waals surface area contributed by atoms with Crippen molar-refractivity contribution >= 4 is 17.6 Å². The van der Waals surface area contributed by atoms with Crippen LogP contribution in [0.15, 0.2) is 24.3 Å². The lowest BCUT2D eigenvalue weighted by molar-refractivity contribution is -0.122. The summed E-state index contributed by atoms with van der Waals surface area (Å²) in [5.41, 5.74) is 1.69. The molecule has 3 N–H and O–H groups in total. The molecule has 1 fully saturated rings. The maximum atomic E-state index is 13.3. The number of rotatable bonds is 6. The van der Waals surface area contributed by atoms with E-state index in [1.54, 1.807) is 17.0 Å². The minimum absolute atomic E-state index is 0.0243. The Kier molecular flexibility index (Phi) is 5.85. The molecule has 1 saturated heterocycles. The van der Waals surface area contributed by atoms with Gasteiger partial charge in [-0.15, -0.1) is 0 Å². The highest BCUT2D eigenvalue weighted by molar-refractivity contribution is 5.98. The van der Waals surface area contributed by atoms with Crippen molar-refractivity contribution in [2.75, 3.05) is 18.4 Å². The monoisotopic (exact) mass is 440 g/mol. The van der Waals surface area contributed by atoms with Crippen LogP contribution in [0.1, 0.15) is 61.2 Å². The van der Waals surface area contributed by atoms with Gasteiger partial charge in [0.05, 0.1) is 13.1 Å². The molecule has 2 amide bonds. The first kappa shape index (κ1) is 22.1. The van der Waals surface area contributed by atoms with Gasteiger partial charge in [0.15, 0.2) is 5.82 Å². The van der Waals surface area contributed by atoms with Crippen LogP contribution in [0.4, 0.5) is 10.2 Å². The first-order valence-electron chi connectivity index (χ1n) is 10.9. The summed E-state index contributed by atoms with van der Waals surface area (Å²) >= 11 is 0. The van der Waals surface area contributed by atoms with E-state index in [0.29, 0.717) is 36.8 Å². The van der Waals surface area contributed by atoms with Crippen molar-refractivity contribution in [3.05, 3.63) is 52.7 Å². The first-order valence-corrected chi connectivity index (χ1v) is 10.9. The van der Waals surface area contributed by atoms with Gasteiger partial charge in [0.2, 0.25) is 5.91 Å². The third-order valence-corrected chi connectivity index (χ3v) is 5.74. The van der Waals surface area contributed by atoms with Crippen LogP contribution in [0.3, 0.4) is 0 Å². The first-order chi connectivity index (χ1) is 15.1. The minimum atomic E-state index is -0.431. The molecule has 0 radical (unpaired) electrons. The molecule has 0 bridgehead atoms. The molecule has 3 heterocycles. The maximum Gasteiger partial charge on any atom is 0.273 e. The van der Waals surface area contributed by atoms with Gasteiger partial charge in [-0.1, -0.05) is 12.1 Å². The van der Waals surface area contributed by atoms with Crippen molar-refractivity contribution in [2.24, 2.45) is 0 Å². The summed E-state index contributed by atoms with van der Waals surface area (Å²) in [6.07, 6.45) is 0.630. The van der Waals surface area contributed by atoms with Crippen LogP contribution >= 0.6 is 0 Å². The van der Waals surface area contributed by atoms with Crippen molar-refractivity contribution in [3.63, 3.8) is 0 Å². The highest BCUT2D eigenvalue weighted by atomic mass is 19.1. The van der Waals surface area contributed by atoms with Gasteiger partial charge in [-0.3, -0.25) is 9.59 Å². The van der Waals surface area contributed by atoms with E-state index in [2.05, 4.69) is 20.9 Å². The Morgan fingerprint density at radius 2 is 1.94 bits per heavy atom. The van der Waals surface area contributed by atoms with Crippen LogP contribution in [0.5, 0.6) is 0 Å². The van der Waals surface area contributed by atoms with Crippen molar-refractivity contribution < 1.29 is 14.0 Å². The van der Waals surface area contributed by atoms with Gasteiger partial charge >= 0.3 is 0 Å². The Hall–Kier alpha value is -3.07. The summed E-state index contributed by atoms with van der Waals surface area (Å²) in [6, 6.07) is 6.04. The molecule has 0 saturated carbocycles. The van der Waals surface area contributed by atoms with Crippen molar-refractivity contribution in [2.45, 2.75) is 58.3 Å². The smallest absolute Gasteiger partial charge is 0.273 e. The quantitative estimate of drug-likeness (QED) is 0.637. The summed E-state index contributed by atoms with van der Waals surface area (Å²) in [5, 5.41) is 9.44. The van der Waals surface area contributed by atoms with Gasteiger partial charge < -0.3 is 20.9 Å². The molecule has 0 aliphatic carbocycles. The number of anilines is 1. The zero-order valence-corrected chi connectivity index (χ0v) is 18.8. The number of carbonyl (C=O) groups excluding carboxylic acids is 2. The average molecular weight is 441 g/mol. The Balaban J connectivity index is 1.68.